The molecule has 2 aromatic carbocycles. The third-order valence-electron chi connectivity index (χ3n) is 4.06. The van der Waals surface area contributed by atoms with Crippen LogP contribution < -0.4 is 5.56 Å². The van der Waals surface area contributed by atoms with Gasteiger partial charge >= 0.3 is 0 Å². The van der Waals surface area contributed by atoms with Crippen LogP contribution in [0.5, 0.6) is 0 Å². The van der Waals surface area contributed by atoms with Gasteiger partial charge in [-0.15, -0.1) is 11.8 Å². The summed E-state index contributed by atoms with van der Waals surface area (Å²) in [4.78, 5) is 27.6. The Morgan fingerprint density at radius 2 is 2.00 bits per heavy atom. The molecule has 1 aliphatic heterocycles. The zero-order valence-corrected chi connectivity index (χ0v) is 14.6. The van der Waals surface area contributed by atoms with Gasteiger partial charge in [-0.1, -0.05) is 23.9 Å². The molecular weight excluding hydrogens is 358 g/mol. The molecule has 0 bridgehead atoms. The van der Waals surface area contributed by atoms with Gasteiger partial charge in [0.25, 0.3) is 11.2 Å². The molecule has 25 heavy (non-hydrogen) atoms. The van der Waals surface area contributed by atoms with Gasteiger partial charge in [0.1, 0.15) is 0 Å². The fourth-order valence-electron chi connectivity index (χ4n) is 2.85. The van der Waals surface area contributed by atoms with Gasteiger partial charge in [-0.05, 0) is 24.3 Å². The van der Waals surface area contributed by atoms with E-state index in [1.165, 1.54) is 12.1 Å². The van der Waals surface area contributed by atoms with E-state index in [9.17, 15) is 14.9 Å². The Balaban J connectivity index is 1.60. The van der Waals surface area contributed by atoms with Crippen molar-refractivity contribution in [3.63, 3.8) is 0 Å². The van der Waals surface area contributed by atoms with E-state index in [1.807, 2.05) is 24.3 Å². The lowest BCUT2D eigenvalue weighted by molar-refractivity contribution is -0.384. The van der Waals surface area contributed by atoms with Crippen LogP contribution in [0.15, 0.2) is 63.4 Å². The minimum Gasteiger partial charge on any atom is -0.315 e. The second-order valence-electron chi connectivity index (χ2n) is 5.61. The van der Waals surface area contributed by atoms with Gasteiger partial charge < -0.3 is 4.57 Å². The maximum atomic E-state index is 12.1. The first-order valence-corrected chi connectivity index (χ1v) is 9.62. The molecule has 0 aliphatic carbocycles. The summed E-state index contributed by atoms with van der Waals surface area (Å²) in [6, 6.07) is 14.3. The number of aromatic nitrogens is 2. The van der Waals surface area contributed by atoms with Gasteiger partial charge in [0.05, 0.1) is 21.9 Å². The summed E-state index contributed by atoms with van der Waals surface area (Å²) in [5.41, 5.74) is 0.827. The van der Waals surface area contributed by atoms with Crippen molar-refractivity contribution in [2.75, 3.05) is 11.5 Å². The first-order valence-electron chi connectivity index (χ1n) is 7.65. The van der Waals surface area contributed by atoms with Crippen molar-refractivity contribution >= 4 is 40.1 Å². The van der Waals surface area contributed by atoms with Crippen molar-refractivity contribution < 1.29 is 4.92 Å². The van der Waals surface area contributed by atoms with Crippen molar-refractivity contribution in [2.24, 2.45) is 0 Å². The summed E-state index contributed by atoms with van der Waals surface area (Å²) in [7, 11) is 0. The van der Waals surface area contributed by atoms with Crippen molar-refractivity contribution in [3.8, 4) is 0 Å². The van der Waals surface area contributed by atoms with E-state index in [4.69, 9.17) is 0 Å². The molecule has 1 aliphatic rings. The molecule has 3 aromatic rings. The Bertz CT molecular complexity index is 1020. The monoisotopic (exact) mass is 371 g/mol. The van der Waals surface area contributed by atoms with Gasteiger partial charge in [0.15, 0.2) is 5.16 Å². The molecule has 126 valence electrons. The van der Waals surface area contributed by atoms with Gasteiger partial charge in [0.2, 0.25) is 0 Å². The summed E-state index contributed by atoms with van der Waals surface area (Å²) < 4.78 is 2.14. The second kappa shape index (κ2) is 6.53. The molecular formula is C17H13N3O3S2. The Hall–Kier alpha value is -2.32. The zero-order chi connectivity index (χ0) is 17.4. The van der Waals surface area contributed by atoms with E-state index in [0.29, 0.717) is 5.39 Å². The van der Waals surface area contributed by atoms with E-state index < -0.39 is 4.92 Å². The molecule has 4 rings (SSSR count). The highest BCUT2D eigenvalue weighted by Crippen LogP contribution is 2.37. The van der Waals surface area contributed by atoms with Crippen molar-refractivity contribution in [1.82, 2.24) is 9.55 Å². The molecule has 1 unspecified atom stereocenters. The highest BCUT2D eigenvalue weighted by Gasteiger charge is 2.26. The average molecular weight is 371 g/mol. The van der Waals surface area contributed by atoms with Crippen LogP contribution in [-0.2, 0) is 0 Å². The number of rotatable bonds is 4. The molecule has 1 aromatic heterocycles. The fraction of sp³-hybridized carbons (Fsp3) is 0.176. The van der Waals surface area contributed by atoms with Crippen molar-refractivity contribution in [1.29, 1.82) is 0 Å². The largest absolute Gasteiger partial charge is 0.315 e. The Morgan fingerprint density at radius 3 is 2.76 bits per heavy atom. The van der Waals surface area contributed by atoms with Gasteiger partial charge in [-0.2, -0.15) is 4.98 Å². The number of fused-ring (bicyclic) bond motifs is 3. The number of thioether (sulfide) groups is 2. The molecule has 0 N–H and O–H groups in total. The Morgan fingerprint density at radius 1 is 1.24 bits per heavy atom. The smallest absolute Gasteiger partial charge is 0.281 e. The van der Waals surface area contributed by atoms with Crippen LogP contribution in [0.2, 0.25) is 0 Å². The molecule has 0 fully saturated rings. The van der Waals surface area contributed by atoms with Crippen LogP contribution in [0.3, 0.4) is 0 Å². The van der Waals surface area contributed by atoms with Crippen molar-refractivity contribution in [3.05, 3.63) is 69.0 Å². The Labute approximate surface area is 151 Å². The molecule has 0 radical (unpaired) electrons. The molecule has 0 saturated heterocycles. The number of para-hydroxylation sites is 1. The van der Waals surface area contributed by atoms with E-state index in [2.05, 4.69) is 9.55 Å². The molecule has 0 spiro atoms. The normalized spacial score (nSPS) is 16.1. The summed E-state index contributed by atoms with van der Waals surface area (Å²) >= 11 is 3.25. The summed E-state index contributed by atoms with van der Waals surface area (Å²) in [5.74, 6) is 1.67. The molecule has 8 heteroatoms. The fourth-order valence-corrected chi connectivity index (χ4v) is 5.12. The lowest BCUT2D eigenvalue weighted by Gasteiger charge is -2.16. The summed E-state index contributed by atoms with van der Waals surface area (Å²) in [6.45, 7) is 0. The SMILES string of the molecule is O=c1nc2n(c3ccccc13)C(CSc1ccc([N+](=O)[O-])cc1)CS2. The first-order chi connectivity index (χ1) is 12.1. The molecule has 6 nitrogen and oxygen atoms in total. The van der Waals surface area contributed by atoms with Crippen molar-refractivity contribution in [2.45, 2.75) is 16.1 Å². The molecule has 1 atom stereocenters. The number of benzene rings is 2. The highest BCUT2D eigenvalue weighted by molar-refractivity contribution is 8.00. The zero-order valence-electron chi connectivity index (χ0n) is 13.0. The van der Waals surface area contributed by atoms with Gasteiger partial charge in [0, 0.05) is 28.5 Å². The average Bonchev–Trinajstić information content (AvgIpc) is 3.03. The van der Waals surface area contributed by atoms with Crippen LogP contribution in [-0.4, -0.2) is 26.0 Å². The molecule has 0 amide bonds. The van der Waals surface area contributed by atoms with Crippen LogP contribution in [0.25, 0.3) is 10.9 Å². The Kier molecular flexibility index (Phi) is 4.22. The predicted octanol–water partition coefficient (Wildman–Crippen LogP) is 3.74. The predicted molar refractivity (Wildman–Crippen MR) is 99.6 cm³/mol. The van der Waals surface area contributed by atoms with Gasteiger partial charge in [-0.25, -0.2) is 0 Å². The highest BCUT2D eigenvalue weighted by atomic mass is 32.2. The third kappa shape index (κ3) is 3.03. The van der Waals surface area contributed by atoms with Crippen LogP contribution in [0.4, 0.5) is 5.69 Å². The maximum Gasteiger partial charge on any atom is 0.281 e. The quantitative estimate of drug-likeness (QED) is 0.301. The van der Waals surface area contributed by atoms with Crippen LogP contribution >= 0.6 is 23.5 Å². The van der Waals surface area contributed by atoms with E-state index in [-0.39, 0.29) is 17.3 Å². The van der Waals surface area contributed by atoms with E-state index >= 15 is 0 Å². The number of hydrogen-bond donors (Lipinski definition) is 0. The van der Waals surface area contributed by atoms with Crippen LogP contribution in [0.1, 0.15) is 6.04 Å². The minimum absolute atomic E-state index is 0.0960. The standard InChI is InChI=1S/C17H13N3O3S2/c21-16-14-3-1-2-4-15(14)19-12(10-25-17(19)18-16)9-24-13-7-5-11(6-8-13)20(22)23/h1-8,12H,9-10H2. The number of nitro benzene ring substituents is 1. The second-order valence-corrected chi connectivity index (χ2v) is 7.69. The number of nitro groups is 1. The minimum atomic E-state index is -0.396. The number of hydrogen-bond acceptors (Lipinski definition) is 6. The topological polar surface area (TPSA) is 78.0 Å². The summed E-state index contributed by atoms with van der Waals surface area (Å²) in [6.07, 6.45) is 0. The van der Waals surface area contributed by atoms with E-state index in [0.717, 1.165) is 27.1 Å². The lowest BCUT2D eigenvalue weighted by Crippen LogP contribution is -2.17. The third-order valence-corrected chi connectivity index (χ3v) is 6.31. The maximum absolute atomic E-state index is 12.1. The van der Waals surface area contributed by atoms with Crippen LogP contribution in [0, 0.1) is 10.1 Å². The van der Waals surface area contributed by atoms with E-state index in [1.54, 1.807) is 35.7 Å². The number of non-ortho nitro benzene ring substituents is 1. The van der Waals surface area contributed by atoms with Gasteiger partial charge in [-0.3, -0.25) is 14.9 Å². The summed E-state index contributed by atoms with van der Waals surface area (Å²) in [5, 5.41) is 12.1. The molecule has 2 heterocycles. The lowest BCUT2D eigenvalue weighted by atomic mass is 10.2. The first kappa shape index (κ1) is 16.2. The molecule has 0 saturated carbocycles. The number of nitrogens with zero attached hydrogens (tertiary/aromatic N) is 3.